The van der Waals surface area contributed by atoms with Crippen LogP contribution in [0.3, 0.4) is 0 Å². The molecule has 7 nitrogen and oxygen atoms in total. The highest BCUT2D eigenvalue weighted by atomic mass is 127. The molecule has 0 unspecified atom stereocenters. The van der Waals surface area contributed by atoms with Crippen LogP contribution in [-0.2, 0) is 11.2 Å². The number of nitrogens with one attached hydrogen (secondary N) is 1. The van der Waals surface area contributed by atoms with E-state index in [1.807, 2.05) is 11.0 Å². The molecule has 1 aliphatic heterocycles. The quantitative estimate of drug-likeness (QED) is 0.320. The summed E-state index contributed by atoms with van der Waals surface area (Å²) in [6.07, 6.45) is 3.10. The summed E-state index contributed by atoms with van der Waals surface area (Å²) in [6.45, 7) is 1.56. The minimum Gasteiger partial charge on any atom is -0.497 e. The Labute approximate surface area is 201 Å². The molecule has 168 valence electrons. The standard InChI is InChI=1S/C23H30N4O3.HI/c1-29-19-8-9-21(30-2)20(15-19)26-23(24)25-16-22(28)27-12-10-18(11-13-27)14-17-6-4-3-5-7-17;/h3-9,15,18H,10-14,16H2,1-2H3,(H3,24,25,26);1H. The Balaban J connectivity index is 0.00000341. The zero-order chi connectivity index (χ0) is 21.3. The first-order valence-corrected chi connectivity index (χ1v) is 10.2. The molecule has 1 fully saturated rings. The molecule has 2 aromatic rings. The molecule has 0 spiro atoms. The molecule has 0 aromatic heterocycles. The largest absolute Gasteiger partial charge is 0.497 e. The lowest BCUT2D eigenvalue weighted by atomic mass is 9.90. The highest BCUT2D eigenvalue weighted by Crippen LogP contribution is 2.28. The maximum Gasteiger partial charge on any atom is 0.244 e. The number of benzene rings is 2. The minimum absolute atomic E-state index is 0. The fourth-order valence-electron chi connectivity index (χ4n) is 3.68. The molecule has 1 heterocycles. The molecule has 0 atom stereocenters. The zero-order valence-electron chi connectivity index (χ0n) is 18.0. The van der Waals surface area contributed by atoms with Crippen molar-refractivity contribution in [2.24, 2.45) is 16.6 Å². The van der Waals surface area contributed by atoms with E-state index >= 15 is 0 Å². The van der Waals surface area contributed by atoms with E-state index in [1.165, 1.54) is 5.56 Å². The molecule has 0 aliphatic carbocycles. The van der Waals surface area contributed by atoms with Crippen LogP contribution in [-0.4, -0.2) is 50.6 Å². The second-order valence-corrected chi connectivity index (χ2v) is 7.41. The lowest BCUT2D eigenvalue weighted by molar-refractivity contribution is -0.130. The van der Waals surface area contributed by atoms with Crippen molar-refractivity contribution in [1.82, 2.24) is 4.90 Å². The molecule has 0 bridgehead atoms. The van der Waals surface area contributed by atoms with E-state index in [-0.39, 0.29) is 42.4 Å². The average Bonchev–Trinajstić information content (AvgIpc) is 2.78. The van der Waals surface area contributed by atoms with Gasteiger partial charge in [0, 0.05) is 19.2 Å². The van der Waals surface area contributed by atoms with Gasteiger partial charge in [-0.05, 0) is 42.9 Å². The molecular formula is C23H31IN4O3. The number of likely N-dealkylation sites (tertiary alicyclic amines) is 1. The Bertz CT molecular complexity index is 868. The highest BCUT2D eigenvalue weighted by Gasteiger charge is 2.22. The zero-order valence-corrected chi connectivity index (χ0v) is 20.4. The summed E-state index contributed by atoms with van der Waals surface area (Å²) < 4.78 is 10.5. The van der Waals surface area contributed by atoms with E-state index in [9.17, 15) is 4.79 Å². The summed E-state index contributed by atoms with van der Waals surface area (Å²) in [5, 5.41) is 2.98. The molecule has 0 radical (unpaired) electrons. The number of hydrogen-bond acceptors (Lipinski definition) is 4. The van der Waals surface area contributed by atoms with Crippen molar-refractivity contribution in [2.45, 2.75) is 19.3 Å². The summed E-state index contributed by atoms with van der Waals surface area (Å²) >= 11 is 0. The van der Waals surface area contributed by atoms with Gasteiger partial charge in [0.1, 0.15) is 18.0 Å². The number of nitrogens with zero attached hydrogens (tertiary/aromatic N) is 2. The smallest absolute Gasteiger partial charge is 0.244 e. The van der Waals surface area contributed by atoms with Crippen LogP contribution in [0.4, 0.5) is 5.69 Å². The first-order valence-electron chi connectivity index (χ1n) is 10.2. The van der Waals surface area contributed by atoms with Gasteiger partial charge in [0.25, 0.3) is 0 Å². The fourth-order valence-corrected chi connectivity index (χ4v) is 3.68. The van der Waals surface area contributed by atoms with Gasteiger partial charge < -0.3 is 25.4 Å². The number of piperidine rings is 1. The third kappa shape index (κ3) is 7.30. The molecule has 31 heavy (non-hydrogen) atoms. The van der Waals surface area contributed by atoms with E-state index in [2.05, 4.69) is 34.6 Å². The van der Waals surface area contributed by atoms with Crippen molar-refractivity contribution in [3.63, 3.8) is 0 Å². The Hall–Kier alpha value is -2.49. The number of hydrogen-bond donors (Lipinski definition) is 2. The van der Waals surface area contributed by atoms with Crippen molar-refractivity contribution in [3.05, 3.63) is 54.1 Å². The second kappa shape index (κ2) is 12.4. The molecule has 3 N–H and O–H groups in total. The predicted molar refractivity (Wildman–Crippen MR) is 135 cm³/mol. The first kappa shape index (κ1) is 24.8. The second-order valence-electron chi connectivity index (χ2n) is 7.41. The summed E-state index contributed by atoms with van der Waals surface area (Å²) in [5.74, 6) is 2.05. The normalized spacial score (nSPS) is 14.5. The topological polar surface area (TPSA) is 89.2 Å². The minimum atomic E-state index is -0.00415. The summed E-state index contributed by atoms with van der Waals surface area (Å²) in [5.41, 5.74) is 7.97. The van der Waals surface area contributed by atoms with Crippen LogP contribution in [0.1, 0.15) is 18.4 Å². The number of nitrogens with two attached hydrogens (primary N) is 1. The van der Waals surface area contributed by atoms with Crippen LogP contribution in [0.2, 0.25) is 0 Å². The van der Waals surface area contributed by atoms with E-state index < -0.39 is 0 Å². The Morgan fingerprint density at radius 2 is 1.84 bits per heavy atom. The number of amides is 1. The van der Waals surface area contributed by atoms with Gasteiger partial charge in [-0.1, -0.05) is 30.3 Å². The molecule has 1 amide bonds. The summed E-state index contributed by atoms with van der Waals surface area (Å²) in [6, 6.07) is 15.9. The number of halogens is 1. The van der Waals surface area contributed by atoms with Crippen LogP contribution in [0, 0.1) is 5.92 Å². The predicted octanol–water partition coefficient (Wildman–Crippen LogP) is 3.53. The van der Waals surface area contributed by atoms with E-state index in [0.717, 1.165) is 32.4 Å². The highest BCUT2D eigenvalue weighted by molar-refractivity contribution is 14.0. The van der Waals surface area contributed by atoms with Crippen molar-refractivity contribution in [2.75, 3.05) is 39.2 Å². The van der Waals surface area contributed by atoms with Crippen LogP contribution in [0.5, 0.6) is 11.5 Å². The van der Waals surface area contributed by atoms with Crippen molar-refractivity contribution in [1.29, 1.82) is 0 Å². The monoisotopic (exact) mass is 538 g/mol. The maximum absolute atomic E-state index is 12.5. The number of guanidine groups is 1. The summed E-state index contributed by atoms with van der Waals surface area (Å²) in [7, 11) is 3.16. The number of carbonyl (C=O) groups excluding carboxylic acids is 1. The van der Waals surface area contributed by atoms with E-state index in [0.29, 0.717) is 23.1 Å². The molecule has 1 saturated heterocycles. The fraction of sp³-hybridized carbons (Fsp3) is 0.391. The van der Waals surface area contributed by atoms with Gasteiger partial charge in [0.05, 0.1) is 19.9 Å². The van der Waals surface area contributed by atoms with E-state index in [1.54, 1.807) is 32.4 Å². The number of anilines is 1. The Kier molecular flexibility index (Phi) is 9.90. The van der Waals surface area contributed by atoms with Gasteiger partial charge in [-0.15, -0.1) is 24.0 Å². The molecule has 3 rings (SSSR count). The number of methoxy groups -OCH3 is 2. The van der Waals surface area contributed by atoms with Gasteiger partial charge >= 0.3 is 0 Å². The third-order valence-corrected chi connectivity index (χ3v) is 5.39. The van der Waals surface area contributed by atoms with Gasteiger partial charge in [-0.25, -0.2) is 4.99 Å². The Morgan fingerprint density at radius 1 is 1.13 bits per heavy atom. The van der Waals surface area contributed by atoms with Gasteiger partial charge in [0.15, 0.2) is 5.96 Å². The van der Waals surface area contributed by atoms with Crippen molar-refractivity contribution < 1.29 is 14.3 Å². The van der Waals surface area contributed by atoms with Crippen LogP contribution < -0.4 is 20.5 Å². The Morgan fingerprint density at radius 3 is 2.48 bits per heavy atom. The lowest BCUT2D eigenvalue weighted by Crippen LogP contribution is -2.40. The molecule has 8 heteroatoms. The molecule has 0 saturated carbocycles. The van der Waals surface area contributed by atoms with Crippen LogP contribution in [0.25, 0.3) is 0 Å². The van der Waals surface area contributed by atoms with Crippen LogP contribution >= 0.6 is 24.0 Å². The summed E-state index contributed by atoms with van der Waals surface area (Å²) in [4.78, 5) is 18.6. The first-order chi connectivity index (χ1) is 14.6. The SMILES string of the molecule is COc1ccc(OC)c(NC(N)=NCC(=O)N2CCC(Cc3ccccc3)CC2)c1.I. The van der Waals surface area contributed by atoms with Gasteiger partial charge in [-0.3, -0.25) is 4.79 Å². The maximum atomic E-state index is 12.5. The van der Waals surface area contributed by atoms with Gasteiger partial charge in [0.2, 0.25) is 5.91 Å². The molecule has 2 aromatic carbocycles. The van der Waals surface area contributed by atoms with Crippen molar-refractivity contribution >= 4 is 41.5 Å². The number of carbonyl (C=O) groups is 1. The number of ether oxygens (including phenoxy) is 2. The van der Waals surface area contributed by atoms with Crippen molar-refractivity contribution in [3.8, 4) is 11.5 Å². The third-order valence-electron chi connectivity index (χ3n) is 5.39. The molecule has 1 aliphatic rings. The van der Waals surface area contributed by atoms with Crippen LogP contribution in [0.15, 0.2) is 53.5 Å². The van der Waals surface area contributed by atoms with E-state index in [4.69, 9.17) is 15.2 Å². The number of aliphatic imine (C=N–C) groups is 1. The lowest BCUT2D eigenvalue weighted by Gasteiger charge is -2.31. The number of rotatable bonds is 7. The molecular weight excluding hydrogens is 507 g/mol. The average molecular weight is 538 g/mol. The van der Waals surface area contributed by atoms with Gasteiger partial charge in [-0.2, -0.15) is 0 Å².